The molecule has 0 aliphatic carbocycles. The van der Waals surface area contributed by atoms with E-state index in [0.717, 1.165) is 50.3 Å². The van der Waals surface area contributed by atoms with Crippen molar-refractivity contribution in [2.45, 2.75) is 110 Å². The van der Waals surface area contributed by atoms with Gasteiger partial charge in [0.2, 0.25) is 17.7 Å². The number of carbonyl (C=O) groups is 3. The lowest BCUT2D eigenvalue weighted by Crippen LogP contribution is -2.58. The van der Waals surface area contributed by atoms with Gasteiger partial charge in [-0.15, -0.1) is 11.3 Å². The number of nitrogens with zero attached hydrogens (tertiary/aromatic N) is 3. The number of ether oxygens (including phenoxy) is 3. The van der Waals surface area contributed by atoms with Gasteiger partial charge in [-0.05, 0) is 67.7 Å². The summed E-state index contributed by atoms with van der Waals surface area (Å²) in [4.78, 5) is 51.8. The maximum Gasteiger partial charge on any atom is 0.251 e. The van der Waals surface area contributed by atoms with Gasteiger partial charge in [0, 0.05) is 66.5 Å². The molecule has 69 heavy (non-hydrogen) atoms. The third kappa shape index (κ3) is 12.7. The second-order valence-electron chi connectivity index (χ2n) is 18.9. The van der Waals surface area contributed by atoms with Crippen molar-refractivity contribution < 1.29 is 51.3 Å². The highest BCUT2D eigenvalue weighted by molar-refractivity contribution is 7.13. The number of β-amino-alcohol motifs (C(OH)–C–C–N with tert-alkyl or cyclic N) is 1. The molecule has 1 fully saturated rings. The van der Waals surface area contributed by atoms with E-state index in [4.69, 9.17) is 14.2 Å². The van der Waals surface area contributed by atoms with Crippen LogP contribution in [0.1, 0.15) is 87.5 Å². The molecule has 2 aliphatic heterocycles. The number of amides is 3. The fourth-order valence-electron chi connectivity index (χ4n) is 9.21. The second kappa shape index (κ2) is 23.0. The van der Waals surface area contributed by atoms with Crippen LogP contribution in [0.25, 0.3) is 21.3 Å². The molecule has 5 aromatic rings. The third-order valence-electron chi connectivity index (χ3n) is 12.7. The van der Waals surface area contributed by atoms with E-state index < -0.39 is 78.0 Å². The van der Waals surface area contributed by atoms with Crippen molar-refractivity contribution in [2.24, 2.45) is 5.41 Å². The molecule has 5 atom stereocenters. The number of aromatic nitrogens is 2. The topological polar surface area (TPSA) is 158 Å². The van der Waals surface area contributed by atoms with Crippen LogP contribution in [-0.2, 0) is 36.8 Å². The van der Waals surface area contributed by atoms with Gasteiger partial charge in [-0.25, -0.2) is 22.5 Å². The van der Waals surface area contributed by atoms with Crippen LogP contribution >= 0.6 is 11.3 Å². The van der Waals surface area contributed by atoms with E-state index in [1.165, 1.54) is 9.80 Å². The van der Waals surface area contributed by atoms with Gasteiger partial charge in [-0.2, -0.15) is 0 Å². The molecule has 13 nitrogen and oxygen atoms in total. The van der Waals surface area contributed by atoms with Gasteiger partial charge in [0.15, 0.2) is 0 Å². The average molecular weight is 979 g/mol. The van der Waals surface area contributed by atoms with Crippen LogP contribution in [0.15, 0.2) is 66.2 Å². The fraction of sp³-hybridized carbons (Fsp3) is 0.490. The summed E-state index contributed by atoms with van der Waals surface area (Å²) in [6.07, 6.45) is -1.13. The highest BCUT2D eigenvalue weighted by Gasteiger charge is 2.45. The van der Waals surface area contributed by atoms with Crippen LogP contribution in [0.5, 0.6) is 5.75 Å². The Morgan fingerprint density at radius 2 is 1.68 bits per heavy atom. The van der Waals surface area contributed by atoms with E-state index in [-0.39, 0.29) is 57.3 Å². The summed E-state index contributed by atoms with van der Waals surface area (Å²) in [5.41, 5.74) is 5.77. The first-order valence-corrected chi connectivity index (χ1v) is 24.3. The number of aromatic amines is 1. The Balaban J connectivity index is 0.803. The van der Waals surface area contributed by atoms with E-state index in [0.29, 0.717) is 38.0 Å². The Kier molecular flexibility index (Phi) is 17.2. The van der Waals surface area contributed by atoms with Gasteiger partial charge in [0.05, 0.1) is 54.6 Å². The number of likely N-dealkylation sites (tertiary alicyclic amines) is 1. The molecule has 0 bridgehead atoms. The van der Waals surface area contributed by atoms with Crippen LogP contribution in [0.4, 0.5) is 17.6 Å². The SMILES string of the molecule is Cc1ncsc1-c1ccc(CNC(=O)[C@@H]2C[C@@H](O)CN2C(=O)C(NC(=O)COCCOCCCCCOc2cc(F)c([C@@H]3c4[nH]c5ccccc5c4C[C@@H](C)N3CC(F)F)c(F)c2)C(C)(C)C)cc1. The third-order valence-corrected chi connectivity index (χ3v) is 13.7. The van der Waals surface area contributed by atoms with Crippen LogP contribution in [0.2, 0.25) is 0 Å². The number of thiazole rings is 1. The molecule has 2 aromatic heterocycles. The van der Waals surface area contributed by atoms with Crippen molar-refractivity contribution in [1.29, 1.82) is 0 Å². The number of fused-ring (bicyclic) bond motifs is 3. The molecule has 0 radical (unpaired) electrons. The van der Waals surface area contributed by atoms with E-state index in [1.807, 2.05) is 55.5 Å². The summed E-state index contributed by atoms with van der Waals surface area (Å²) in [5, 5.41) is 17.1. The molecule has 4 N–H and O–H groups in total. The highest BCUT2D eigenvalue weighted by atomic mass is 32.1. The first-order valence-electron chi connectivity index (χ1n) is 23.5. The lowest BCUT2D eigenvalue weighted by atomic mass is 9.85. The number of H-pyrrole nitrogens is 1. The number of nitrogens with one attached hydrogen (secondary N) is 3. The Morgan fingerprint density at radius 3 is 2.38 bits per heavy atom. The van der Waals surface area contributed by atoms with Crippen LogP contribution in [0.3, 0.4) is 0 Å². The Hall–Kier alpha value is -5.40. The van der Waals surface area contributed by atoms with E-state index >= 15 is 8.78 Å². The van der Waals surface area contributed by atoms with Gasteiger partial charge in [0.1, 0.15) is 36.1 Å². The molecule has 0 saturated carbocycles. The fourth-order valence-corrected chi connectivity index (χ4v) is 10.0. The number of hydrogen-bond donors (Lipinski definition) is 4. The zero-order valence-electron chi connectivity index (χ0n) is 39.7. The molecule has 372 valence electrons. The largest absolute Gasteiger partial charge is 0.493 e. The number of carbonyl (C=O) groups excluding carboxylic acids is 3. The highest BCUT2D eigenvalue weighted by Crippen LogP contribution is 2.43. The predicted molar refractivity (Wildman–Crippen MR) is 255 cm³/mol. The number of rotatable bonds is 21. The van der Waals surface area contributed by atoms with Crippen molar-refractivity contribution >= 4 is 40.0 Å². The molecular weight excluding hydrogens is 917 g/mol. The van der Waals surface area contributed by atoms with E-state index in [1.54, 1.807) is 44.5 Å². The summed E-state index contributed by atoms with van der Waals surface area (Å²) in [6, 6.07) is 14.1. The normalized spacial score (nSPS) is 19.0. The van der Waals surface area contributed by atoms with Crippen LogP contribution < -0.4 is 15.4 Å². The molecule has 4 heterocycles. The molecule has 18 heteroatoms. The number of aryl methyl sites for hydroxylation is 1. The number of unbranched alkanes of at least 4 members (excludes halogenated alkanes) is 2. The first-order chi connectivity index (χ1) is 33.0. The van der Waals surface area contributed by atoms with Gasteiger partial charge in [-0.1, -0.05) is 63.2 Å². The standard InChI is InChI=1S/C51H62F4N6O7S/c1-30-21-37-36-11-7-8-12-40(36)58-45(37)46(60(30)27-42(54)55)44-38(52)23-35(24-39(44)53)68-18-10-6-9-17-66-19-20-67-28-43(63)59-48(51(3,4)5)50(65)61-26-34(62)22-41(61)49(64)56-25-32-13-15-33(16-14-32)47-31(2)57-29-69-47/h7-8,11-16,23-24,29-30,34,41-42,46,48,58,62H,6,9-10,17-22,25-28H2,1-5H3,(H,56,64)(H,59,63)/t30-,34-,41+,46-,48?/m1/s1. The second-order valence-corrected chi connectivity index (χ2v) is 19.8. The maximum absolute atomic E-state index is 15.8. The summed E-state index contributed by atoms with van der Waals surface area (Å²) < 4.78 is 76.2. The van der Waals surface area contributed by atoms with E-state index in [2.05, 4.69) is 20.6 Å². The van der Waals surface area contributed by atoms with Crippen molar-refractivity contribution in [3.8, 4) is 16.2 Å². The van der Waals surface area contributed by atoms with Crippen molar-refractivity contribution in [3.63, 3.8) is 0 Å². The minimum atomic E-state index is -2.70. The monoisotopic (exact) mass is 978 g/mol. The molecule has 3 aromatic carbocycles. The van der Waals surface area contributed by atoms with Gasteiger partial charge < -0.3 is 39.8 Å². The number of aliphatic hydroxyl groups is 1. The lowest BCUT2D eigenvalue weighted by molar-refractivity contribution is -0.144. The van der Waals surface area contributed by atoms with Gasteiger partial charge >= 0.3 is 0 Å². The molecule has 7 rings (SSSR count). The van der Waals surface area contributed by atoms with Crippen LogP contribution in [0, 0.1) is 24.0 Å². The van der Waals surface area contributed by atoms with E-state index in [9.17, 15) is 28.3 Å². The van der Waals surface area contributed by atoms with Crippen LogP contribution in [-0.4, -0.2) is 119 Å². The molecule has 1 unspecified atom stereocenters. The average Bonchev–Trinajstić information content (AvgIpc) is 4.03. The summed E-state index contributed by atoms with van der Waals surface area (Å²) in [7, 11) is 0. The smallest absolute Gasteiger partial charge is 0.251 e. The predicted octanol–water partition coefficient (Wildman–Crippen LogP) is 7.87. The molecule has 3 amide bonds. The molecule has 1 saturated heterocycles. The Bertz CT molecular complexity index is 2530. The minimum Gasteiger partial charge on any atom is -0.493 e. The summed E-state index contributed by atoms with van der Waals surface area (Å²) >= 11 is 1.56. The maximum atomic E-state index is 15.8. The number of halogens is 4. The van der Waals surface area contributed by atoms with Gasteiger partial charge in [-0.3, -0.25) is 19.3 Å². The summed E-state index contributed by atoms with van der Waals surface area (Å²) in [5.74, 6) is -3.14. The first kappa shape index (κ1) is 51.5. The number of hydrogen-bond acceptors (Lipinski definition) is 10. The lowest BCUT2D eigenvalue weighted by Gasteiger charge is -2.40. The summed E-state index contributed by atoms with van der Waals surface area (Å²) in [6.45, 7) is 9.31. The van der Waals surface area contributed by atoms with Gasteiger partial charge in [0.25, 0.3) is 6.43 Å². The molecule has 0 spiro atoms. The number of aliphatic hydroxyl groups excluding tert-OH is 1. The molecule has 2 aliphatic rings. The number of para-hydroxylation sites is 1. The number of benzene rings is 3. The van der Waals surface area contributed by atoms with Crippen molar-refractivity contribution in [2.75, 3.05) is 46.1 Å². The van der Waals surface area contributed by atoms with Crippen molar-refractivity contribution in [1.82, 2.24) is 30.4 Å². The quantitative estimate of drug-likeness (QED) is 0.0425. The zero-order valence-corrected chi connectivity index (χ0v) is 40.5. The zero-order chi connectivity index (χ0) is 49.4. The molecular formula is C51H62F4N6O7S. The minimum absolute atomic E-state index is 0.00375. The Morgan fingerprint density at radius 1 is 0.971 bits per heavy atom. The van der Waals surface area contributed by atoms with Crippen molar-refractivity contribution in [3.05, 3.63) is 106 Å². The Labute approximate surface area is 403 Å². The number of alkyl halides is 2.